The SMILES string of the molecule is CCCCCCC(C)OC(=O)c1ccc(COc2ccc(-c3ccc(OCCCCCCCCCCS)cc3)cc2)cc1. The molecular weight excluding hydrogens is 552 g/mol. The van der Waals surface area contributed by atoms with Gasteiger partial charge in [0.15, 0.2) is 0 Å². The summed E-state index contributed by atoms with van der Waals surface area (Å²) in [6.07, 6.45) is 15.8. The zero-order chi connectivity index (χ0) is 30.5. The highest BCUT2D eigenvalue weighted by Crippen LogP contribution is 2.25. The monoisotopic (exact) mass is 604 g/mol. The molecule has 4 nitrogen and oxygen atoms in total. The minimum absolute atomic E-state index is 0.0607. The Labute approximate surface area is 266 Å². The van der Waals surface area contributed by atoms with Crippen LogP contribution in [0.25, 0.3) is 11.1 Å². The predicted molar refractivity (Wildman–Crippen MR) is 183 cm³/mol. The lowest BCUT2D eigenvalue weighted by molar-refractivity contribution is 0.0319. The first-order valence-electron chi connectivity index (χ1n) is 16.5. The van der Waals surface area contributed by atoms with Gasteiger partial charge in [-0.1, -0.05) is 101 Å². The molecule has 234 valence electrons. The zero-order valence-corrected chi connectivity index (χ0v) is 27.3. The third-order valence-electron chi connectivity index (χ3n) is 7.73. The first kappa shape index (κ1) is 34.6. The van der Waals surface area contributed by atoms with Gasteiger partial charge in [-0.25, -0.2) is 4.79 Å². The number of thiol groups is 1. The summed E-state index contributed by atoms with van der Waals surface area (Å²) >= 11 is 4.27. The van der Waals surface area contributed by atoms with Crippen LogP contribution in [0.3, 0.4) is 0 Å². The number of unbranched alkanes of at least 4 members (excludes halogenated alkanes) is 10. The lowest BCUT2D eigenvalue weighted by atomic mass is 10.1. The molecule has 0 amide bonds. The molecule has 0 saturated carbocycles. The van der Waals surface area contributed by atoms with E-state index in [2.05, 4.69) is 56.0 Å². The Morgan fingerprint density at radius 2 is 1.19 bits per heavy atom. The van der Waals surface area contributed by atoms with Crippen LogP contribution in [0.2, 0.25) is 0 Å². The van der Waals surface area contributed by atoms with Crippen LogP contribution >= 0.6 is 12.6 Å². The fourth-order valence-electron chi connectivity index (χ4n) is 5.02. The summed E-state index contributed by atoms with van der Waals surface area (Å²) in [5.41, 5.74) is 3.86. The van der Waals surface area contributed by atoms with E-state index in [1.54, 1.807) is 0 Å². The summed E-state index contributed by atoms with van der Waals surface area (Å²) in [6.45, 7) is 5.38. The molecule has 0 aliphatic carbocycles. The van der Waals surface area contributed by atoms with E-state index < -0.39 is 0 Å². The van der Waals surface area contributed by atoms with E-state index in [0.717, 1.165) is 59.8 Å². The molecule has 0 saturated heterocycles. The molecule has 0 bridgehead atoms. The Hall–Kier alpha value is -2.92. The number of carbonyl (C=O) groups excluding carboxylic acids is 1. The molecule has 3 aromatic carbocycles. The average Bonchev–Trinajstić information content (AvgIpc) is 3.04. The average molecular weight is 605 g/mol. The molecule has 0 radical (unpaired) electrons. The first-order chi connectivity index (χ1) is 21.1. The zero-order valence-electron chi connectivity index (χ0n) is 26.4. The topological polar surface area (TPSA) is 44.8 Å². The second-order valence-corrected chi connectivity index (χ2v) is 11.9. The minimum Gasteiger partial charge on any atom is -0.494 e. The van der Waals surface area contributed by atoms with Crippen molar-refractivity contribution in [1.82, 2.24) is 0 Å². The molecule has 3 rings (SSSR count). The molecule has 3 aromatic rings. The van der Waals surface area contributed by atoms with Gasteiger partial charge in [-0.05, 0) is 91.4 Å². The van der Waals surface area contributed by atoms with Crippen LogP contribution in [0, 0.1) is 0 Å². The van der Waals surface area contributed by atoms with Crippen LogP contribution in [0.5, 0.6) is 11.5 Å². The van der Waals surface area contributed by atoms with Gasteiger partial charge < -0.3 is 14.2 Å². The van der Waals surface area contributed by atoms with Crippen LogP contribution in [0.4, 0.5) is 0 Å². The van der Waals surface area contributed by atoms with Gasteiger partial charge in [-0.2, -0.15) is 12.6 Å². The normalized spacial score (nSPS) is 11.7. The Balaban J connectivity index is 1.34. The van der Waals surface area contributed by atoms with Crippen LogP contribution < -0.4 is 9.47 Å². The molecule has 0 fully saturated rings. The number of benzene rings is 3. The maximum atomic E-state index is 12.5. The number of carbonyl (C=O) groups is 1. The van der Waals surface area contributed by atoms with Crippen molar-refractivity contribution in [3.05, 3.63) is 83.9 Å². The summed E-state index contributed by atoms with van der Waals surface area (Å²) in [4.78, 5) is 12.5. The summed E-state index contributed by atoms with van der Waals surface area (Å²) in [5.74, 6) is 2.48. The molecule has 1 unspecified atom stereocenters. The highest BCUT2D eigenvalue weighted by atomic mass is 32.1. The fraction of sp³-hybridized carbons (Fsp3) is 0.500. The lowest BCUT2D eigenvalue weighted by Gasteiger charge is -2.13. The summed E-state index contributed by atoms with van der Waals surface area (Å²) in [7, 11) is 0. The fourth-order valence-corrected chi connectivity index (χ4v) is 5.25. The predicted octanol–water partition coefficient (Wildman–Crippen LogP) is 10.9. The van der Waals surface area contributed by atoms with Gasteiger partial charge in [-0.3, -0.25) is 0 Å². The van der Waals surface area contributed by atoms with Crippen molar-refractivity contribution in [1.29, 1.82) is 0 Å². The van der Waals surface area contributed by atoms with E-state index in [1.165, 1.54) is 64.2 Å². The van der Waals surface area contributed by atoms with Crippen LogP contribution in [0.1, 0.15) is 113 Å². The second-order valence-electron chi connectivity index (χ2n) is 11.5. The van der Waals surface area contributed by atoms with Crippen LogP contribution in [-0.2, 0) is 11.3 Å². The number of hydrogen-bond acceptors (Lipinski definition) is 5. The Kier molecular flexibility index (Phi) is 16.8. The van der Waals surface area contributed by atoms with E-state index in [9.17, 15) is 4.79 Å². The van der Waals surface area contributed by atoms with Gasteiger partial charge in [0.2, 0.25) is 0 Å². The summed E-state index contributed by atoms with van der Waals surface area (Å²) < 4.78 is 17.6. The molecule has 0 N–H and O–H groups in total. The molecular formula is C38H52O4S. The Morgan fingerprint density at radius 3 is 1.77 bits per heavy atom. The van der Waals surface area contributed by atoms with E-state index in [4.69, 9.17) is 14.2 Å². The number of hydrogen-bond donors (Lipinski definition) is 1. The van der Waals surface area contributed by atoms with Gasteiger partial charge in [0.1, 0.15) is 18.1 Å². The highest BCUT2D eigenvalue weighted by Gasteiger charge is 2.12. The third-order valence-corrected chi connectivity index (χ3v) is 8.05. The summed E-state index contributed by atoms with van der Waals surface area (Å²) in [6, 6.07) is 23.9. The maximum Gasteiger partial charge on any atom is 0.338 e. The number of esters is 1. The highest BCUT2D eigenvalue weighted by molar-refractivity contribution is 7.80. The van der Waals surface area contributed by atoms with Gasteiger partial charge in [-0.15, -0.1) is 0 Å². The van der Waals surface area contributed by atoms with Crippen molar-refractivity contribution < 1.29 is 19.0 Å². The molecule has 5 heteroatoms. The lowest BCUT2D eigenvalue weighted by Crippen LogP contribution is -2.15. The van der Waals surface area contributed by atoms with E-state index in [0.29, 0.717) is 12.2 Å². The van der Waals surface area contributed by atoms with E-state index in [1.807, 2.05) is 43.3 Å². The van der Waals surface area contributed by atoms with Gasteiger partial charge in [0, 0.05) is 0 Å². The molecule has 0 aromatic heterocycles. The van der Waals surface area contributed by atoms with E-state index >= 15 is 0 Å². The Morgan fingerprint density at radius 1 is 0.651 bits per heavy atom. The van der Waals surface area contributed by atoms with Gasteiger partial charge in [0.05, 0.1) is 18.3 Å². The van der Waals surface area contributed by atoms with Crippen molar-refractivity contribution in [3.8, 4) is 22.6 Å². The van der Waals surface area contributed by atoms with Crippen molar-refractivity contribution in [2.75, 3.05) is 12.4 Å². The molecule has 0 spiro atoms. The minimum atomic E-state index is -0.261. The Bertz CT molecular complexity index is 1140. The largest absolute Gasteiger partial charge is 0.494 e. The molecule has 0 aliphatic rings. The summed E-state index contributed by atoms with van der Waals surface area (Å²) in [5, 5.41) is 0. The molecule has 43 heavy (non-hydrogen) atoms. The standard InChI is InChI=1S/C38H52O4S/c1-3-4-5-12-15-31(2)42-38(39)35-18-16-32(17-19-35)30-41-37-26-22-34(23-27-37)33-20-24-36(25-21-33)40-28-13-10-8-6-7-9-11-14-29-43/h16-27,31,43H,3-15,28-30H2,1-2H3. The van der Waals surface area contributed by atoms with Crippen molar-refractivity contribution in [2.45, 2.75) is 110 Å². The first-order valence-corrected chi connectivity index (χ1v) is 17.1. The quantitative estimate of drug-likeness (QED) is 0.0704. The molecule has 0 aliphatic heterocycles. The van der Waals surface area contributed by atoms with Crippen LogP contribution in [-0.4, -0.2) is 24.4 Å². The smallest absolute Gasteiger partial charge is 0.338 e. The van der Waals surface area contributed by atoms with Crippen molar-refractivity contribution >= 4 is 18.6 Å². The number of rotatable bonds is 22. The van der Waals surface area contributed by atoms with Crippen molar-refractivity contribution in [3.63, 3.8) is 0 Å². The van der Waals surface area contributed by atoms with Gasteiger partial charge >= 0.3 is 5.97 Å². The van der Waals surface area contributed by atoms with E-state index in [-0.39, 0.29) is 12.1 Å². The maximum absolute atomic E-state index is 12.5. The van der Waals surface area contributed by atoms with Crippen LogP contribution in [0.15, 0.2) is 72.8 Å². The molecule has 1 atom stereocenters. The van der Waals surface area contributed by atoms with Crippen molar-refractivity contribution in [2.24, 2.45) is 0 Å². The third kappa shape index (κ3) is 13.9. The number of ether oxygens (including phenoxy) is 3. The van der Waals surface area contributed by atoms with Gasteiger partial charge in [0.25, 0.3) is 0 Å². The molecule has 0 heterocycles. The second kappa shape index (κ2) is 20.9.